The van der Waals surface area contributed by atoms with Crippen LogP contribution in [0.3, 0.4) is 0 Å². The maximum atomic E-state index is 6.00. The Labute approximate surface area is 159 Å². The molecular weight excluding hydrogens is 421 g/mol. The van der Waals surface area contributed by atoms with Gasteiger partial charge in [-0.15, -0.1) is 24.0 Å². The van der Waals surface area contributed by atoms with Gasteiger partial charge in [0.1, 0.15) is 0 Å². The summed E-state index contributed by atoms with van der Waals surface area (Å²) in [7, 11) is 1.80. The number of aliphatic imine (C=N–C) groups is 1. The number of hydrogen-bond acceptors (Lipinski definition) is 1. The Kier molecular flexibility index (Phi) is 6.72. The Bertz CT molecular complexity index is 660. The lowest BCUT2D eigenvalue weighted by Crippen LogP contribution is -2.38. The lowest BCUT2D eigenvalue weighted by molar-refractivity contribution is 0.790. The van der Waals surface area contributed by atoms with E-state index in [-0.39, 0.29) is 24.0 Å². The van der Waals surface area contributed by atoms with Gasteiger partial charge in [-0.2, -0.15) is 0 Å². The molecule has 3 nitrogen and oxygen atoms in total. The molecule has 2 unspecified atom stereocenters. The number of rotatable bonds is 4. The number of nitrogens with one attached hydrogen (secondary N) is 2. The topological polar surface area (TPSA) is 36.4 Å². The summed E-state index contributed by atoms with van der Waals surface area (Å²) in [6.07, 6.45) is 1.15. The number of benzene rings is 2. The van der Waals surface area contributed by atoms with Gasteiger partial charge in [-0.1, -0.05) is 54.1 Å². The zero-order valence-corrected chi connectivity index (χ0v) is 16.1. The number of nitrogens with zero attached hydrogens (tertiary/aromatic N) is 1. The van der Waals surface area contributed by atoms with Gasteiger partial charge in [0, 0.05) is 30.6 Å². The minimum Gasteiger partial charge on any atom is -0.353 e. The highest BCUT2D eigenvalue weighted by molar-refractivity contribution is 14.0. The van der Waals surface area contributed by atoms with Crippen LogP contribution in [0.5, 0.6) is 0 Å². The normalized spacial score (nSPS) is 19.7. The molecule has 0 saturated heterocycles. The van der Waals surface area contributed by atoms with Crippen LogP contribution in [0.4, 0.5) is 0 Å². The van der Waals surface area contributed by atoms with Gasteiger partial charge in [0.05, 0.1) is 0 Å². The van der Waals surface area contributed by atoms with Crippen molar-refractivity contribution < 1.29 is 0 Å². The monoisotopic (exact) mass is 441 g/mol. The molecule has 2 aromatic carbocycles. The number of guanidine groups is 1. The predicted molar refractivity (Wildman–Crippen MR) is 108 cm³/mol. The van der Waals surface area contributed by atoms with Crippen LogP contribution < -0.4 is 10.6 Å². The Balaban J connectivity index is 0.00000192. The van der Waals surface area contributed by atoms with Crippen LogP contribution in [0.25, 0.3) is 0 Å². The second-order valence-electron chi connectivity index (χ2n) is 5.56. The zero-order chi connectivity index (χ0) is 15.4. The van der Waals surface area contributed by atoms with Crippen molar-refractivity contribution in [1.29, 1.82) is 0 Å². The van der Waals surface area contributed by atoms with Gasteiger partial charge in [0.15, 0.2) is 5.96 Å². The van der Waals surface area contributed by atoms with Gasteiger partial charge in [0.2, 0.25) is 0 Å². The van der Waals surface area contributed by atoms with Crippen molar-refractivity contribution in [2.24, 2.45) is 4.99 Å². The van der Waals surface area contributed by atoms with Crippen molar-refractivity contribution in [3.05, 3.63) is 70.7 Å². The molecule has 0 heterocycles. The first-order valence-electron chi connectivity index (χ1n) is 7.53. The molecule has 2 N–H and O–H groups in total. The third kappa shape index (κ3) is 5.11. The molecule has 1 fully saturated rings. The predicted octanol–water partition coefficient (Wildman–Crippen LogP) is 4.18. The van der Waals surface area contributed by atoms with E-state index in [2.05, 4.69) is 52.0 Å². The van der Waals surface area contributed by atoms with Gasteiger partial charge in [0.25, 0.3) is 0 Å². The Morgan fingerprint density at radius 2 is 1.96 bits per heavy atom. The third-order valence-electron chi connectivity index (χ3n) is 3.91. The van der Waals surface area contributed by atoms with E-state index in [1.807, 2.05) is 18.2 Å². The van der Waals surface area contributed by atoms with Crippen LogP contribution >= 0.6 is 35.6 Å². The van der Waals surface area contributed by atoms with Crippen molar-refractivity contribution in [2.75, 3.05) is 7.05 Å². The molecule has 2 atom stereocenters. The molecule has 0 aromatic heterocycles. The van der Waals surface area contributed by atoms with E-state index in [4.69, 9.17) is 11.6 Å². The molecule has 1 aliphatic rings. The highest BCUT2D eigenvalue weighted by Crippen LogP contribution is 2.40. The fourth-order valence-corrected chi connectivity index (χ4v) is 2.84. The SMILES string of the molecule is CN=C(NCc1cccc(Cl)c1)NC1CC1c1ccccc1.I. The summed E-state index contributed by atoms with van der Waals surface area (Å²) in [5.41, 5.74) is 2.54. The van der Waals surface area contributed by atoms with Crippen LogP contribution in [0, 0.1) is 0 Å². The zero-order valence-electron chi connectivity index (χ0n) is 13.0. The van der Waals surface area contributed by atoms with Gasteiger partial charge in [-0.05, 0) is 29.7 Å². The maximum absolute atomic E-state index is 6.00. The molecule has 122 valence electrons. The fraction of sp³-hybridized carbons (Fsp3) is 0.278. The summed E-state index contributed by atoms with van der Waals surface area (Å²) in [6, 6.07) is 18.9. The minimum atomic E-state index is 0. The lowest BCUT2D eigenvalue weighted by atomic mass is 10.1. The second-order valence-corrected chi connectivity index (χ2v) is 6.00. The smallest absolute Gasteiger partial charge is 0.191 e. The van der Waals surface area contributed by atoms with Crippen molar-refractivity contribution in [3.63, 3.8) is 0 Å². The molecular formula is C18H21ClIN3. The summed E-state index contributed by atoms with van der Waals surface area (Å²) < 4.78 is 0. The highest BCUT2D eigenvalue weighted by atomic mass is 127. The molecule has 1 saturated carbocycles. The van der Waals surface area contributed by atoms with Crippen LogP contribution in [0.15, 0.2) is 59.6 Å². The van der Waals surface area contributed by atoms with Crippen molar-refractivity contribution in [3.8, 4) is 0 Å². The molecule has 5 heteroatoms. The lowest BCUT2D eigenvalue weighted by Gasteiger charge is -2.12. The fourth-order valence-electron chi connectivity index (χ4n) is 2.63. The largest absolute Gasteiger partial charge is 0.353 e. The van der Waals surface area contributed by atoms with E-state index in [1.165, 1.54) is 5.56 Å². The number of hydrogen-bond donors (Lipinski definition) is 2. The second kappa shape index (κ2) is 8.55. The van der Waals surface area contributed by atoms with Crippen molar-refractivity contribution in [2.45, 2.75) is 24.9 Å². The summed E-state index contributed by atoms with van der Waals surface area (Å²) in [5.74, 6) is 1.43. The van der Waals surface area contributed by atoms with E-state index in [1.54, 1.807) is 7.05 Å². The van der Waals surface area contributed by atoms with Gasteiger partial charge in [-0.25, -0.2) is 0 Å². The molecule has 0 aliphatic heterocycles. The molecule has 0 bridgehead atoms. The van der Waals surface area contributed by atoms with Crippen LogP contribution in [-0.2, 0) is 6.54 Å². The van der Waals surface area contributed by atoms with Crippen LogP contribution in [0.1, 0.15) is 23.5 Å². The van der Waals surface area contributed by atoms with Crippen LogP contribution in [-0.4, -0.2) is 19.0 Å². The average Bonchev–Trinajstić information content (AvgIpc) is 3.31. The Morgan fingerprint density at radius 3 is 2.65 bits per heavy atom. The van der Waals surface area contributed by atoms with Crippen molar-refractivity contribution in [1.82, 2.24) is 10.6 Å². The van der Waals surface area contributed by atoms with Gasteiger partial charge < -0.3 is 10.6 Å². The maximum Gasteiger partial charge on any atom is 0.191 e. The quantitative estimate of drug-likeness (QED) is 0.424. The number of halogens is 2. The van der Waals surface area contributed by atoms with E-state index < -0.39 is 0 Å². The Morgan fingerprint density at radius 1 is 1.17 bits per heavy atom. The Hall–Kier alpha value is -1.27. The first-order chi connectivity index (χ1) is 10.8. The van der Waals surface area contributed by atoms with E-state index in [0.717, 1.165) is 23.0 Å². The van der Waals surface area contributed by atoms with Crippen LogP contribution in [0.2, 0.25) is 5.02 Å². The average molecular weight is 442 g/mol. The van der Waals surface area contributed by atoms with Crippen molar-refractivity contribution >= 4 is 41.5 Å². The first-order valence-corrected chi connectivity index (χ1v) is 7.90. The highest BCUT2D eigenvalue weighted by Gasteiger charge is 2.38. The summed E-state index contributed by atoms with van der Waals surface area (Å²) >= 11 is 6.00. The first kappa shape index (κ1) is 18.1. The van der Waals surface area contributed by atoms with Gasteiger partial charge in [-0.3, -0.25) is 4.99 Å². The molecule has 0 spiro atoms. The molecule has 3 rings (SSSR count). The summed E-state index contributed by atoms with van der Waals surface area (Å²) in [5, 5.41) is 7.57. The molecule has 0 amide bonds. The molecule has 23 heavy (non-hydrogen) atoms. The third-order valence-corrected chi connectivity index (χ3v) is 4.15. The standard InChI is InChI=1S/C18H20ClN3.HI/c1-20-18(21-12-13-6-5-9-15(19)10-13)22-17-11-16(17)14-7-3-2-4-8-14;/h2-10,16-17H,11-12H2,1H3,(H2,20,21,22);1H. The van der Waals surface area contributed by atoms with E-state index in [9.17, 15) is 0 Å². The van der Waals surface area contributed by atoms with E-state index >= 15 is 0 Å². The summed E-state index contributed by atoms with van der Waals surface area (Å²) in [4.78, 5) is 4.30. The van der Waals surface area contributed by atoms with Gasteiger partial charge >= 0.3 is 0 Å². The molecule has 0 radical (unpaired) electrons. The van der Waals surface area contributed by atoms with E-state index in [0.29, 0.717) is 18.5 Å². The molecule has 2 aromatic rings. The summed E-state index contributed by atoms with van der Waals surface area (Å²) in [6.45, 7) is 0.711. The minimum absolute atomic E-state index is 0. The molecule has 1 aliphatic carbocycles.